The van der Waals surface area contributed by atoms with Crippen molar-refractivity contribution >= 4 is 23.2 Å². The fourth-order valence-electron chi connectivity index (χ4n) is 3.46. The van der Waals surface area contributed by atoms with E-state index in [4.69, 9.17) is 22.1 Å². The second-order valence-electron chi connectivity index (χ2n) is 7.93. The number of alkyl halides is 2. The molecule has 0 radical (unpaired) electrons. The van der Waals surface area contributed by atoms with Crippen molar-refractivity contribution in [3.63, 3.8) is 0 Å². The molecular formula is C21H20ClF4N3O2. The number of benzene rings is 1. The topological polar surface area (TPSA) is 77.6 Å². The van der Waals surface area contributed by atoms with E-state index < -0.39 is 46.5 Å². The molecule has 1 aromatic carbocycles. The van der Waals surface area contributed by atoms with Gasteiger partial charge in [-0.2, -0.15) is 0 Å². The van der Waals surface area contributed by atoms with Crippen LogP contribution in [0.2, 0.25) is 5.02 Å². The highest BCUT2D eigenvalue weighted by Crippen LogP contribution is 2.50. The molecule has 1 aromatic heterocycles. The van der Waals surface area contributed by atoms with Gasteiger partial charge in [0.2, 0.25) is 0 Å². The summed E-state index contributed by atoms with van der Waals surface area (Å²) in [6, 6.07) is 4.11. The largest absolute Gasteiger partial charge is 0.385 e. The minimum Gasteiger partial charge on any atom is -0.385 e. The lowest BCUT2D eigenvalue weighted by Gasteiger charge is -2.42. The minimum atomic E-state index is -3.74. The van der Waals surface area contributed by atoms with Crippen LogP contribution in [0.1, 0.15) is 42.4 Å². The molecule has 10 heteroatoms. The van der Waals surface area contributed by atoms with Crippen LogP contribution in [0.3, 0.4) is 0 Å². The van der Waals surface area contributed by atoms with Crippen molar-refractivity contribution in [1.29, 1.82) is 0 Å². The van der Waals surface area contributed by atoms with Crippen molar-refractivity contribution in [2.75, 3.05) is 6.61 Å². The van der Waals surface area contributed by atoms with Gasteiger partial charge in [0.15, 0.2) is 11.3 Å². The number of aliphatic imine (C=N–C) groups is 1. The number of nitrogens with zero attached hydrogens (tertiary/aromatic N) is 2. The molecule has 166 valence electrons. The maximum atomic E-state index is 15.5. The summed E-state index contributed by atoms with van der Waals surface area (Å²) >= 11 is 5.74. The van der Waals surface area contributed by atoms with E-state index in [-0.39, 0.29) is 23.7 Å². The van der Waals surface area contributed by atoms with Gasteiger partial charge in [0, 0.05) is 24.2 Å². The third-order valence-corrected chi connectivity index (χ3v) is 5.56. The van der Waals surface area contributed by atoms with E-state index in [2.05, 4.69) is 9.98 Å². The standard InChI is InChI=1S/C21H20ClF4N3O2/c1-19(2)21(25,26)20(3,29-18(27)10-31-19)13-6-11(14(23)8-15(13)24)7-17(30)16-5-4-12(22)9-28-16/h4-6,8-9H,7,10H2,1-3H3,(H2,27,29)/t20-/m1/s1. The number of carbonyl (C=O) groups excluding carboxylic acids is 1. The van der Waals surface area contributed by atoms with Crippen LogP contribution in [-0.4, -0.2) is 34.7 Å². The highest BCUT2D eigenvalue weighted by atomic mass is 35.5. The smallest absolute Gasteiger partial charge is 0.304 e. The molecule has 0 aliphatic carbocycles. The van der Waals surface area contributed by atoms with E-state index in [1.165, 1.54) is 18.3 Å². The predicted octanol–water partition coefficient (Wildman–Crippen LogP) is 4.46. The SMILES string of the molecule is CC1(C)OCC(N)=N[C@](C)(c2cc(CC(=O)c3ccc(Cl)cn3)c(F)cc2F)C1(F)F. The molecule has 0 unspecified atom stereocenters. The predicted molar refractivity (Wildman–Crippen MR) is 108 cm³/mol. The van der Waals surface area contributed by atoms with E-state index in [1.807, 2.05) is 0 Å². The second kappa shape index (κ2) is 7.87. The summed E-state index contributed by atoms with van der Waals surface area (Å²) in [5.74, 6) is -6.90. The first kappa shape index (κ1) is 23.1. The molecule has 31 heavy (non-hydrogen) atoms. The molecule has 1 aliphatic heterocycles. The van der Waals surface area contributed by atoms with Gasteiger partial charge in [0.05, 0.1) is 5.02 Å². The third kappa shape index (κ3) is 4.04. The van der Waals surface area contributed by atoms with Crippen LogP contribution >= 0.6 is 11.6 Å². The molecule has 0 amide bonds. The zero-order valence-corrected chi connectivity index (χ0v) is 17.7. The van der Waals surface area contributed by atoms with Crippen LogP contribution in [0.4, 0.5) is 17.6 Å². The summed E-state index contributed by atoms with van der Waals surface area (Å²) < 4.78 is 65.4. The molecule has 0 saturated heterocycles. The van der Waals surface area contributed by atoms with Gasteiger partial charge < -0.3 is 10.5 Å². The van der Waals surface area contributed by atoms with Gasteiger partial charge >= 0.3 is 5.92 Å². The number of halogens is 5. The van der Waals surface area contributed by atoms with Gasteiger partial charge in [-0.1, -0.05) is 11.6 Å². The Balaban J connectivity index is 2.10. The Kier molecular flexibility index (Phi) is 5.88. The average Bonchev–Trinajstić information content (AvgIpc) is 2.73. The minimum absolute atomic E-state index is 0.00233. The van der Waals surface area contributed by atoms with Crippen molar-refractivity contribution in [3.05, 3.63) is 63.9 Å². The second-order valence-corrected chi connectivity index (χ2v) is 8.37. The Morgan fingerprint density at radius 1 is 1.19 bits per heavy atom. The Bertz CT molecular complexity index is 1060. The summed E-state index contributed by atoms with van der Waals surface area (Å²) in [4.78, 5) is 20.2. The Hall–Kier alpha value is -2.52. The molecule has 3 rings (SSSR count). The first-order valence-corrected chi connectivity index (χ1v) is 9.65. The number of hydrogen-bond donors (Lipinski definition) is 1. The highest BCUT2D eigenvalue weighted by Gasteiger charge is 2.64. The third-order valence-electron chi connectivity index (χ3n) is 5.34. The van der Waals surface area contributed by atoms with Crippen LogP contribution in [0.15, 0.2) is 35.5 Å². The lowest BCUT2D eigenvalue weighted by molar-refractivity contribution is -0.214. The molecule has 0 bridgehead atoms. The molecule has 2 aromatic rings. The Morgan fingerprint density at radius 2 is 1.87 bits per heavy atom. The van der Waals surface area contributed by atoms with Crippen LogP contribution in [0.25, 0.3) is 0 Å². The van der Waals surface area contributed by atoms with Crippen LogP contribution in [0.5, 0.6) is 0 Å². The van der Waals surface area contributed by atoms with Crippen molar-refractivity contribution in [2.24, 2.45) is 10.7 Å². The highest BCUT2D eigenvalue weighted by molar-refractivity contribution is 6.30. The van der Waals surface area contributed by atoms with E-state index >= 15 is 8.78 Å². The molecular weight excluding hydrogens is 438 g/mol. The molecule has 0 spiro atoms. The lowest BCUT2D eigenvalue weighted by atomic mass is 9.77. The molecule has 0 fully saturated rings. The van der Waals surface area contributed by atoms with E-state index in [0.29, 0.717) is 11.1 Å². The number of nitrogens with two attached hydrogens (primary N) is 1. The normalized spacial score (nSPS) is 22.5. The number of ether oxygens (including phenoxy) is 1. The number of hydrogen-bond acceptors (Lipinski definition) is 5. The molecule has 0 saturated carbocycles. The molecule has 2 N–H and O–H groups in total. The summed E-state index contributed by atoms with van der Waals surface area (Å²) in [6.45, 7) is 2.89. The molecule has 5 nitrogen and oxygen atoms in total. The fraction of sp³-hybridized carbons (Fsp3) is 0.381. The van der Waals surface area contributed by atoms with Gasteiger partial charge in [-0.05, 0) is 44.5 Å². The summed E-state index contributed by atoms with van der Waals surface area (Å²) in [6.07, 6.45) is 0.711. The average molecular weight is 458 g/mol. The number of pyridine rings is 1. The van der Waals surface area contributed by atoms with Gasteiger partial charge in [-0.3, -0.25) is 14.8 Å². The number of amidine groups is 1. The van der Waals surface area contributed by atoms with Crippen LogP contribution < -0.4 is 5.73 Å². The first-order chi connectivity index (χ1) is 14.3. The lowest BCUT2D eigenvalue weighted by Crippen LogP contribution is -2.56. The summed E-state index contributed by atoms with van der Waals surface area (Å²) in [5.41, 5.74) is 0.239. The maximum absolute atomic E-state index is 15.5. The zero-order valence-electron chi connectivity index (χ0n) is 17.0. The zero-order chi connectivity index (χ0) is 23.2. The van der Waals surface area contributed by atoms with E-state index in [1.54, 1.807) is 0 Å². The van der Waals surface area contributed by atoms with Crippen molar-refractivity contribution in [3.8, 4) is 0 Å². The van der Waals surface area contributed by atoms with Gasteiger partial charge in [-0.15, -0.1) is 0 Å². The van der Waals surface area contributed by atoms with E-state index in [0.717, 1.165) is 26.8 Å². The van der Waals surface area contributed by atoms with Crippen LogP contribution in [0, 0.1) is 11.6 Å². The molecule has 2 heterocycles. The van der Waals surface area contributed by atoms with Crippen molar-refractivity contribution in [1.82, 2.24) is 4.98 Å². The number of ketones is 1. The van der Waals surface area contributed by atoms with Gasteiger partial charge in [0.25, 0.3) is 0 Å². The van der Waals surface area contributed by atoms with E-state index in [9.17, 15) is 13.6 Å². The van der Waals surface area contributed by atoms with Gasteiger partial charge in [-0.25, -0.2) is 17.6 Å². The molecule has 1 atom stereocenters. The number of aromatic nitrogens is 1. The molecule has 1 aliphatic rings. The monoisotopic (exact) mass is 457 g/mol. The maximum Gasteiger partial charge on any atom is 0.304 e. The Morgan fingerprint density at radius 3 is 2.48 bits per heavy atom. The van der Waals surface area contributed by atoms with Crippen molar-refractivity contribution < 1.29 is 27.1 Å². The van der Waals surface area contributed by atoms with Gasteiger partial charge in [0.1, 0.15) is 35.4 Å². The quantitative estimate of drug-likeness (QED) is 0.543. The Labute approximate surface area is 181 Å². The van der Waals surface area contributed by atoms with Crippen molar-refractivity contribution in [2.45, 2.75) is 44.3 Å². The fourth-order valence-corrected chi connectivity index (χ4v) is 3.57. The number of rotatable bonds is 4. The summed E-state index contributed by atoms with van der Waals surface area (Å²) in [7, 11) is 0. The van der Waals surface area contributed by atoms with Crippen LogP contribution in [-0.2, 0) is 16.7 Å². The number of Topliss-reactive ketones (excluding diaryl/α,β-unsaturated/α-hetero) is 1. The first-order valence-electron chi connectivity index (χ1n) is 9.27. The number of carbonyl (C=O) groups is 1. The summed E-state index contributed by atoms with van der Waals surface area (Å²) in [5, 5.41) is 0.301.